The van der Waals surface area contributed by atoms with Crippen molar-refractivity contribution in [3.05, 3.63) is 29.5 Å². The Morgan fingerprint density at radius 1 is 1.26 bits per heavy atom. The van der Waals surface area contributed by atoms with Gasteiger partial charge in [0.2, 0.25) is 11.8 Å². The number of amides is 3. The number of benzene rings is 1. The van der Waals surface area contributed by atoms with Crippen LogP contribution in [0.3, 0.4) is 0 Å². The van der Waals surface area contributed by atoms with E-state index in [4.69, 9.17) is 4.74 Å². The highest BCUT2D eigenvalue weighted by atomic mass is 19.1. The van der Waals surface area contributed by atoms with E-state index in [-0.39, 0.29) is 52.4 Å². The Bertz CT molecular complexity index is 1180. The predicted octanol–water partition coefficient (Wildman–Crippen LogP) is 2.52. The summed E-state index contributed by atoms with van der Waals surface area (Å²) in [6, 6.07) is 1.97. The molecule has 1 fully saturated rings. The van der Waals surface area contributed by atoms with Gasteiger partial charge >= 0.3 is 0 Å². The van der Waals surface area contributed by atoms with Crippen LogP contribution in [0.1, 0.15) is 50.5 Å². The third-order valence-corrected chi connectivity index (χ3v) is 5.81. The SMILES string of the molecule is COc1c(F)cc(F)c2[nH]c(C(=O)N[C@@H](CC(C)(C)C)C(=O)N[C@H](C#N)C[C@@H]3CCNC3=O)cc12. The molecule has 1 saturated heterocycles. The van der Waals surface area contributed by atoms with E-state index in [1.807, 2.05) is 26.8 Å². The van der Waals surface area contributed by atoms with E-state index in [0.717, 1.165) is 0 Å². The minimum atomic E-state index is -1.02. The van der Waals surface area contributed by atoms with E-state index in [1.54, 1.807) is 0 Å². The van der Waals surface area contributed by atoms with E-state index in [2.05, 4.69) is 20.9 Å². The number of nitriles is 1. The van der Waals surface area contributed by atoms with Gasteiger partial charge < -0.3 is 25.7 Å². The molecule has 0 saturated carbocycles. The Labute approximate surface area is 201 Å². The molecule has 11 heteroatoms. The molecule has 0 radical (unpaired) electrons. The fourth-order valence-corrected chi connectivity index (χ4v) is 4.16. The lowest BCUT2D eigenvalue weighted by Gasteiger charge is -2.27. The van der Waals surface area contributed by atoms with E-state index in [0.29, 0.717) is 19.0 Å². The van der Waals surface area contributed by atoms with Crippen molar-refractivity contribution in [2.24, 2.45) is 11.3 Å². The number of rotatable bonds is 8. The van der Waals surface area contributed by atoms with Crippen LogP contribution in [0.4, 0.5) is 8.78 Å². The van der Waals surface area contributed by atoms with Crippen LogP contribution < -0.4 is 20.7 Å². The number of nitrogens with zero attached hydrogens (tertiary/aromatic N) is 1. The lowest BCUT2D eigenvalue weighted by atomic mass is 9.87. The monoisotopic (exact) mass is 489 g/mol. The van der Waals surface area contributed by atoms with Crippen LogP contribution >= 0.6 is 0 Å². The number of nitrogens with one attached hydrogen (secondary N) is 4. The summed E-state index contributed by atoms with van der Waals surface area (Å²) < 4.78 is 33.3. The van der Waals surface area contributed by atoms with Crippen LogP contribution in [-0.4, -0.2) is 48.4 Å². The Morgan fingerprint density at radius 2 is 1.97 bits per heavy atom. The molecule has 1 aliphatic heterocycles. The molecule has 1 aromatic heterocycles. The Morgan fingerprint density at radius 3 is 2.54 bits per heavy atom. The fraction of sp³-hybridized carbons (Fsp3) is 0.500. The molecule has 1 aromatic carbocycles. The second-order valence-electron chi connectivity index (χ2n) is 9.84. The maximum absolute atomic E-state index is 14.2. The number of halogens is 2. The van der Waals surface area contributed by atoms with Crippen molar-refractivity contribution in [2.75, 3.05) is 13.7 Å². The zero-order chi connectivity index (χ0) is 25.9. The molecular weight excluding hydrogens is 460 g/mol. The van der Waals surface area contributed by atoms with Crippen molar-refractivity contribution in [1.29, 1.82) is 5.26 Å². The van der Waals surface area contributed by atoms with Gasteiger partial charge in [-0.05, 0) is 30.7 Å². The first-order chi connectivity index (χ1) is 16.4. The van der Waals surface area contributed by atoms with Gasteiger partial charge in [-0.2, -0.15) is 5.26 Å². The van der Waals surface area contributed by atoms with Gasteiger partial charge in [-0.25, -0.2) is 8.78 Å². The van der Waals surface area contributed by atoms with Crippen LogP contribution in [0.25, 0.3) is 10.9 Å². The number of ether oxygens (including phenoxy) is 1. The van der Waals surface area contributed by atoms with Gasteiger partial charge in [-0.3, -0.25) is 14.4 Å². The van der Waals surface area contributed by atoms with Crippen LogP contribution in [-0.2, 0) is 9.59 Å². The van der Waals surface area contributed by atoms with Crippen LogP contribution in [0.5, 0.6) is 5.75 Å². The zero-order valence-electron chi connectivity index (χ0n) is 20.1. The van der Waals surface area contributed by atoms with Crippen LogP contribution in [0.2, 0.25) is 0 Å². The molecule has 1 aliphatic rings. The molecule has 2 heterocycles. The number of carbonyl (C=O) groups excluding carboxylic acids is 3. The summed E-state index contributed by atoms with van der Waals surface area (Å²) in [7, 11) is 1.23. The van der Waals surface area contributed by atoms with Gasteiger partial charge in [0, 0.05) is 23.9 Å². The molecule has 35 heavy (non-hydrogen) atoms. The molecule has 0 unspecified atom stereocenters. The summed E-state index contributed by atoms with van der Waals surface area (Å²) in [6.07, 6.45) is 0.978. The lowest BCUT2D eigenvalue weighted by Crippen LogP contribution is -2.51. The van der Waals surface area contributed by atoms with Crippen molar-refractivity contribution >= 4 is 28.6 Å². The van der Waals surface area contributed by atoms with E-state index in [9.17, 15) is 28.4 Å². The second kappa shape index (κ2) is 10.3. The number of hydrogen-bond acceptors (Lipinski definition) is 5. The molecule has 0 spiro atoms. The normalized spacial score (nSPS) is 17.4. The predicted molar refractivity (Wildman–Crippen MR) is 123 cm³/mol. The number of fused-ring (bicyclic) bond motifs is 1. The van der Waals surface area contributed by atoms with Gasteiger partial charge in [0.15, 0.2) is 11.6 Å². The van der Waals surface area contributed by atoms with E-state index < -0.39 is 35.5 Å². The Hall–Kier alpha value is -3.68. The minimum absolute atomic E-state index is 0.0476. The largest absolute Gasteiger partial charge is 0.493 e. The summed E-state index contributed by atoms with van der Waals surface area (Å²) in [6.45, 7) is 6.18. The average molecular weight is 490 g/mol. The topological polar surface area (TPSA) is 136 Å². The molecule has 0 aliphatic carbocycles. The maximum Gasteiger partial charge on any atom is 0.268 e. The van der Waals surface area contributed by atoms with Crippen molar-refractivity contribution in [2.45, 2.75) is 52.1 Å². The lowest BCUT2D eigenvalue weighted by molar-refractivity contribution is -0.125. The fourth-order valence-electron chi connectivity index (χ4n) is 4.16. The number of aromatic amines is 1. The molecule has 188 valence electrons. The van der Waals surface area contributed by atoms with Crippen molar-refractivity contribution in [3.63, 3.8) is 0 Å². The van der Waals surface area contributed by atoms with Crippen LogP contribution in [0, 0.1) is 34.3 Å². The van der Waals surface area contributed by atoms with Crippen molar-refractivity contribution < 1.29 is 27.9 Å². The summed E-state index contributed by atoms with van der Waals surface area (Å²) >= 11 is 0. The van der Waals surface area contributed by atoms with E-state index in [1.165, 1.54) is 13.2 Å². The first-order valence-electron chi connectivity index (χ1n) is 11.3. The summed E-state index contributed by atoms with van der Waals surface area (Å²) in [5, 5.41) is 17.5. The molecule has 0 bridgehead atoms. The van der Waals surface area contributed by atoms with Gasteiger partial charge in [0.1, 0.15) is 23.6 Å². The first kappa shape index (κ1) is 25.9. The number of carbonyl (C=O) groups is 3. The summed E-state index contributed by atoms with van der Waals surface area (Å²) in [5.74, 6) is -3.83. The van der Waals surface area contributed by atoms with E-state index >= 15 is 0 Å². The molecule has 4 N–H and O–H groups in total. The number of methoxy groups -OCH3 is 1. The van der Waals surface area contributed by atoms with Crippen molar-refractivity contribution in [1.82, 2.24) is 20.9 Å². The summed E-state index contributed by atoms with van der Waals surface area (Å²) in [5.41, 5.74) is -0.569. The molecule has 3 rings (SSSR count). The van der Waals surface area contributed by atoms with Gasteiger partial charge in [-0.15, -0.1) is 0 Å². The summed E-state index contributed by atoms with van der Waals surface area (Å²) in [4.78, 5) is 40.5. The smallest absolute Gasteiger partial charge is 0.268 e. The Balaban J connectivity index is 1.80. The highest BCUT2D eigenvalue weighted by Gasteiger charge is 2.32. The second-order valence-corrected chi connectivity index (χ2v) is 9.84. The number of aromatic nitrogens is 1. The molecule has 3 atom stereocenters. The molecule has 9 nitrogen and oxygen atoms in total. The highest BCUT2D eigenvalue weighted by Crippen LogP contribution is 2.31. The van der Waals surface area contributed by atoms with Crippen molar-refractivity contribution in [3.8, 4) is 11.8 Å². The first-order valence-corrected chi connectivity index (χ1v) is 11.3. The third-order valence-electron chi connectivity index (χ3n) is 5.81. The Kier molecular flexibility index (Phi) is 7.63. The van der Waals surface area contributed by atoms with Gasteiger partial charge in [-0.1, -0.05) is 20.8 Å². The average Bonchev–Trinajstić information content (AvgIpc) is 3.39. The van der Waals surface area contributed by atoms with Crippen LogP contribution in [0.15, 0.2) is 12.1 Å². The zero-order valence-corrected chi connectivity index (χ0v) is 20.1. The van der Waals surface area contributed by atoms with Gasteiger partial charge in [0.25, 0.3) is 5.91 Å². The standard InChI is InChI=1S/C24H29F2N5O4/c1-24(2,3)10-18(23(34)29-13(11-27)7-12-5-6-28-21(12)32)31-22(33)17-8-14-19(30-17)15(25)9-16(26)20(14)35-4/h8-9,12-13,18,30H,5-7,10H2,1-4H3,(H,28,32)(H,29,34)(H,31,33)/t12-,13-,18-/m0/s1. The molecule has 3 amide bonds. The minimum Gasteiger partial charge on any atom is -0.493 e. The van der Waals surface area contributed by atoms with Gasteiger partial charge in [0.05, 0.1) is 18.7 Å². The number of H-pyrrole nitrogens is 1. The maximum atomic E-state index is 14.2. The molecular formula is C24H29F2N5O4. The number of hydrogen-bond donors (Lipinski definition) is 4. The third kappa shape index (κ3) is 6.07. The quantitative estimate of drug-likeness (QED) is 0.452. The molecule has 2 aromatic rings. The highest BCUT2D eigenvalue weighted by molar-refractivity contribution is 6.01.